The monoisotopic (exact) mass is 544 g/mol. The van der Waals surface area contributed by atoms with Crippen LogP contribution in [0.4, 0.5) is 18.9 Å². The Morgan fingerprint density at radius 3 is 2.43 bits per heavy atom. The van der Waals surface area contributed by atoms with Crippen molar-refractivity contribution in [2.45, 2.75) is 70.3 Å². The first-order valence-electron chi connectivity index (χ1n) is 11.9. The van der Waals surface area contributed by atoms with Crippen LogP contribution in [0.2, 0.25) is 5.02 Å². The largest absolute Gasteiger partial charge is 0.389 e. The summed E-state index contributed by atoms with van der Waals surface area (Å²) in [6.07, 6.45) is -4.19. The van der Waals surface area contributed by atoms with E-state index in [2.05, 4.69) is 21.3 Å². The smallest absolute Gasteiger partial charge is 0.353 e. The number of carbonyl (C=O) groups excluding carboxylic acids is 5. The van der Waals surface area contributed by atoms with E-state index in [0.29, 0.717) is 6.42 Å². The van der Waals surface area contributed by atoms with Crippen LogP contribution in [0.25, 0.3) is 0 Å². The van der Waals surface area contributed by atoms with Gasteiger partial charge >= 0.3 is 6.18 Å². The van der Waals surface area contributed by atoms with Gasteiger partial charge in [-0.05, 0) is 50.8 Å². The Morgan fingerprint density at radius 1 is 1.19 bits per heavy atom. The highest BCUT2D eigenvalue weighted by Crippen LogP contribution is 2.27. The van der Waals surface area contributed by atoms with Gasteiger partial charge in [-0.1, -0.05) is 18.5 Å². The predicted molar refractivity (Wildman–Crippen MR) is 128 cm³/mol. The van der Waals surface area contributed by atoms with Gasteiger partial charge < -0.3 is 21.3 Å². The van der Waals surface area contributed by atoms with E-state index in [1.54, 1.807) is 6.92 Å². The first-order valence-corrected chi connectivity index (χ1v) is 12.2. The fourth-order valence-electron chi connectivity index (χ4n) is 4.06. The van der Waals surface area contributed by atoms with E-state index in [1.807, 2.05) is 0 Å². The maximum Gasteiger partial charge on any atom is 0.389 e. The summed E-state index contributed by atoms with van der Waals surface area (Å²) in [4.78, 5) is 63.2. The van der Waals surface area contributed by atoms with Crippen LogP contribution in [-0.4, -0.2) is 53.7 Å². The Balaban J connectivity index is 1.80. The first-order chi connectivity index (χ1) is 17.2. The van der Waals surface area contributed by atoms with Crippen LogP contribution in [0, 0.1) is 11.8 Å². The number of Topliss-reactive ketones (excluding diaryl/α,β-unsaturated/α-hetero) is 1. The van der Waals surface area contributed by atoms with Gasteiger partial charge in [0.15, 0.2) is 0 Å². The average molecular weight is 545 g/mol. The number of carbonyl (C=O) groups is 5. The minimum absolute atomic E-state index is 0.0878. The van der Waals surface area contributed by atoms with Crippen LogP contribution in [0.5, 0.6) is 0 Å². The number of benzene rings is 1. The first kappa shape index (κ1) is 28.4. The number of hydrogen-bond donors (Lipinski definition) is 4. The van der Waals surface area contributed by atoms with E-state index in [-0.39, 0.29) is 40.7 Å². The van der Waals surface area contributed by atoms with Gasteiger partial charge in [-0.2, -0.15) is 13.2 Å². The summed E-state index contributed by atoms with van der Waals surface area (Å²) in [6.45, 7) is 2.88. The average Bonchev–Trinajstić information content (AvgIpc) is 3.55. The molecule has 2 unspecified atom stereocenters. The molecule has 1 heterocycles. The van der Waals surface area contributed by atoms with Crippen molar-refractivity contribution in [3.8, 4) is 0 Å². The predicted octanol–water partition coefficient (Wildman–Crippen LogP) is 2.73. The Morgan fingerprint density at radius 2 is 1.86 bits per heavy atom. The molecule has 1 aliphatic heterocycles. The van der Waals surface area contributed by atoms with Crippen LogP contribution in [0.15, 0.2) is 18.2 Å². The second-order valence-electron chi connectivity index (χ2n) is 9.62. The van der Waals surface area contributed by atoms with Gasteiger partial charge in [0.2, 0.25) is 17.6 Å². The molecule has 3 rings (SSSR count). The molecule has 0 spiro atoms. The molecule has 0 radical (unpaired) electrons. The van der Waals surface area contributed by atoms with Crippen LogP contribution >= 0.6 is 11.6 Å². The Labute approximate surface area is 216 Å². The third-order valence-corrected chi connectivity index (χ3v) is 6.38. The zero-order chi connectivity index (χ0) is 27.5. The Hall–Kier alpha value is -3.15. The summed E-state index contributed by atoms with van der Waals surface area (Å²) in [5.74, 6) is -6.06. The number of nitrogens with one attached hydrogen (secondary N) is 4. The lowest BCUT2D eigenvalue weighted by Gasteiger charge is -2.21. The molecule has 1 aromatic carbocycles. The van der Waals surface area contributed by atoms with Crippen LogP contribution in [-0.2, 0) is 19.2 Å². The van der Waals surface area contributed by atoms with Crippen LogP contribution in [0.1, 0.15) is 56.3 Å². The van der Waals surface area contributed by atoms with Crippen molar-refractivity contribution in [1.29, 1.82) is 0 Å². The molecular formula is C24H28ClF3N4O5. The molecule has 4 N–H and O–H groups in total. The number of alkyl halides is 3. The number of hydrogen-bond acceptors (Lipinski definition) is 5. The lowest BCUT2D eigenvalue weighted by Crippen LogP contribution is -2.49. The molecule has 1 saturated heterocycles. The highest BCUT2D eigenvalue weighted by Gasteiger charge is 2.38. The second kappa shape index (κ2) is 11.5. The normalized spacial score (nSPS) is 21.0. The number of amides is 4. The number of ketones is 1. The number of anilines is 1. The summed E-state index contributed by atoms with van der Waals surface area (Å²) in [5.41, 5.74) is -0.341. The van der Waals surface area contributed by atoms with Crippen molar-refractivity contribution in [1.82, 2.24) is 16.0 Å². The summed E-state index contributed by atoms with van der Waals surface area (Å²) in [7, 11) is 0. The summed E-state index contributed by atoms with van der Waals surface area (Å²) >= 11 is 6.01. The zero-order valence-electron chi connectivity index (χ0n) is 20.2. The molecule has 202 valence electrons. The molecule has 1 aliphatic carbocycles. The summed E-state index contributed by atoms with van der Waals surface area (Å²) < 4.78 is 38.1. The molecule has 13 heteroatoms. The van der Waals surface area contributed by atoms with E-state index >= 15 is 0 Å². The summed E-state index contributed by atoms with van der Waals surface area (Å²) in [6, 6.07) is 2.14. The molecule has 2 fully saturated rings. The molecular weight excluding hydrogens is 517 g/mol. The van der Waals surface area contributed by atoms with E-state index < -0.39 is 54.0 Å². The molecule has 0 aromatic heterocycles. The van der Waals surface area contributed by atoms with Gasteiger partial charge in [0.25, 0.3) is 11.8 Å². The summed E-state index contributed by atoms with van der Waals surface area (Å²) in [5, 5.41) is 10.1. The maximum atomic E-state index is 13.2. The van der Waals surface area contributed by atoms with Crippen molar-refractivity contribution < 1.29 is 37.1 Å². The van der Waals surface area contributed by atoms with Gasteiger partial charge in [0, 0.05) is 28.9 Å². The topological polar surface area (TPSA) is 133 Å². The van der Waals surface area contributed by atoms with Crippen molar-refractivity contribution in [3.05, 3.63) is 28.8 Å². The van der Waals surface area contributed by atoms with Gasteiger partial charge in [0.1, 0.15) is 0 Å². The molecule has 4 amide bonds. The number of rotatable bonds is 10. The fraction of sp³-hybridized carbons (Fsp3) is 0.542. The zero-order valence-corrected chi connectivity index (χ0v) is 21.0. The van der Waals surface area contributed by atoms with Crippen molar-refractivity contribution >= 4 is 46.7 Å². The van der Waals surface area contributed by atoms with E-state index in [4.69, 9.17) is 11.6 Å². The highest BCUT2D eigenvalue weighted by atomic mass is 35.5. The quantitative estimate of drug-likeness (QED) is 0.336. The lowest BCUT2D eigenvalue weighted by molar-refractivity contribution is -0.150. The third kappa shape index (κ3) is 8.17. The highest BCUT2D eigenvalue weighted by molar-refractivity contribution is 6.38. The van der Waals surface area contributed by atoms with Crippen LogP contribution in [0.3, 0.4) is 0 Å². The SMILES string of the molecule is CC(CC(F)(F)F)C(=O)Nc1ccc(Cl)cc1C(=O)NC(C[C@@H]1C[C@@H](C)NC1=O)C(=O)C(=O)NC1CC1. The van der Waals surface area contributed by atoms with E-state index in [0.717, 1.165) is 19.8 Å². The Bertz CT molecular complexity index is 1090. The molecule has 1 aromatic rings. The maximum absolute atomic E-state index is 13.2. The van der Waals surface area contributed by atoms with Gasteiger partial charge in [-0.3, -0.25) is 24.0 Å². The third-order valence-electron chi connectivity index (χ3n) is 6.15. The van der Waals surface area contributed by atoms with Gasteiger partial charge in [-0.25, -0.2) is 0 Å². The van der Waals surface area contributed by atoms with E-state index in [1.165, 1.54) is 18.2 Å². The lowest BCUT2D eigenvalue weighted by atomic mass is 9.93. The standard InChI is InChI=1S/C24H28ClF3N4O5/c1-11(10-24(26,27)28)20(34)31-17-6-3-14(25)9-16(17)22(36)32-18(8-13-7-12(2)29-21(13)35)19(33)23(37)30-15-4-5-15/h3,6,9,11-13,15,18H,4-5,7-8,10H2,1-2H3,(H,29,35)(H,30,37)(H,31,34)(H,32,36)/t11?,12-,13+,18?/m1/s1. The molecule has 37 heavy (non-hydrogen) atoms. The van der Waals surface area contributed by atoms with Crippen molar-refractivity contribution in [3.63, 3.8) is 0 Å². The molecule has 2 aliphatic rings. The van der Waals surface area contributed by atoms with E-state index in [9.17, 15) is 37.1 Å². The van der Waals surface area contributed by atoms with Crippen LogP contribution < -0.4 is 21.3 Å². The molecule has 9 nitrogen and oxygen atoms in total. The van der Waals surface area contributed by atoms with Crippen molar-refractivity contribution in [2.24, 2.45) is 11.8 Å². The minimum Gasteiger partial charge on any atom is -0.353 e. The number of halogens is 4. The Kier molecular flexibility index (Phi) is 8.83. The van der Waals surface area contributed by atoms with Gasteiger partial charge in [0.05, 0.1) is 23.7 Å². The molecule has 1 saturated carbocycles. The van der Waals surface area contributed by atoms with Crippen molar-refractivity contribution in [2.75, 3.05) is 5.32 Å². The second-order valence-corrected chi connectivity index (χ2v) is 10.1. The fourth-order valence-corrected chi connectivity index (χ4v) is 4.23. The minimum atomic E-state index is -4.56. The molecule has 0 bridgehead atoms. The molecule has 4 atom stereocenters. The van der Waals surface area contributed by atoms with Gasteiger partial charge in [-0.15, -0.1) is 0 Å².